The molecule has 5 heteroatoms. The average Bonchev–Trinajstić information content (AvgIpc) is 2.97. The first kappa shape index (κ1) is 18.7. The molecule has 2 bridgehead atoms. The quantitative estimate of drug-likeness (QED) is 0.858. The normalized spacial score (nSPS) is 28.4. The molecule has 0 saturated heterocycles. The van der Waals surface area contributed by atoms with Crippen molar-refractivity contribution in [2.45, 2.75) is 44.7 Å². The Labute approximate surface area is 160 Å². The smallest absolute Gasteiger partial charge is 0.225 e. The minimum atomic E-state index is 0. The number of benzene rings is 1. The number of hydrogen-bond acceptors (Lipinski definition) is 3. The van der Waals surface area contributed by atoms with Gasteiger partial charge in [-0.1, -0.05) is 24.6 Å². The Balaban J connectivity index is 0.00000182. The molecule has 0 spiro atoms. The first-order chi connectivity index (χ1) is 11.6. The fraction of sp³-hybridized carbons (Fsp3) is 0.550. The number of carbonyl (C=O) groups excluding carboxylic acids is 1. The van der Waals surface area contributed by atoms with Crippen LogP contribution in [-0.2, 0) is 11.3 Å². The van der Waals surface area contributed by atoms with Crippen molar-refractivity contribution in [2.24, 2.45) is 23.5 Å². The fourth-order valence-electron chi connectivity index (χ4n) is 4.79. The van der Waals surface area contributed by atoms with Crippen molar-refractivity contribution < 1.29 is 4.79 Å². The van der Waals surface area contributed by atoms with E-state index in [0.29, 0.717) is 30.3 Å². The van der Waals surface area contributed by atoms with Gasteiger partial charge in [0.05, 0.1) is 0 Å². The lowest BCUT2D eigenvalue weighted by molar-refractivity contribution is -0.137. The molecule has 2 aliphatic rings. The molecule has 2 aliphatic carbocycles. The molecule has 2 unspecified atom stereocenters. The number of halogens is 1. The second-order valence-electron chi connectivity index (χ2n) is 7.65. The van der Waals surface area contributed by atoms with Gasteiger partial charge >= 0.3 is 0 Å². The summed E-state index contributed by atoms with van der Waals surface area (Å²) in [4.78, 5) is 14.9. The molecule has 1 aromatic carbocycles. The number of carbonyl (C=O) groups is 1. The van der Waals surface area contributed by atoms with E-state index in [4.69, 9.17) is 5.73 Å². The molecule has 1 aromatic heterocycles. The van der Waals surface area contributed by atoms with Crippen LogP contribution >= 0.6 is 23.7 Å². The molecule has 25 heavy (non-hydrogen) atoms. The van der Waals surface area contributed by atoms with E-state index in [9.17, 15) is 4.79 Å². The summed E-state index contributed by atoms with van der Waals surface area (Å²) in [6.07, 6.45) is 5.69. The summed E-state index contributed by atoms with van der Waals surface area (Å²) >= 11 is 1.76. The molecule has 3 nitrogen and oxygen atoms in total. The third kappa shape index (κ3) is 3.57. The summed E-state index contributed by atoms with van der Waals surface area (Å²) in [5.74, 6) is 1.60. The molecule has 1 heterocycles. The van der Waals surface area contributed by atoms with Crippen molar-refractivity contribution in [1.82, 2.24) is 4.90 Å². The van der Waals surface area contributed by atoms with Crippen LogP contribution < -0.4 is 5.73 Å². The lowest BCUT2D eigenvalue weighted by Gasteiger charge is -2.44. The first-order valence-electron chi connectivity index (χ1n) is 9.09. The molecule has 2 N–H and O–H groups in total. The van der Waals surface area contributed by atoms with E-state index < -0.39 is 0 Å². The maximum absolute atomic E-state index is 13.0. The summed E-state index contributed by atoms with van der Waals surface area (Å²) < 4.78 is 1.30. The summed E-state index contributed by atoms with van der Waals surface area (Å²) in [6.45, 7) is 0.709. The molecule has 2 atom stereocenters. The van der Waals surface area contributed by atoms with Crippen LogP contribution in [0.15, 0.2) is 29.6 Å². The second-order valence-corrected chi connectivity index (χ2v) is 8.56. The number of hydrogen-bond donors (Lipinski definition) is 1. The van der Waals surface area contributed by atoms with Crippen molar-refractivity contribution in [3.8, 4) is 0 Å². The number of fused-ring (bicyclic) bond motifs is 3. The largest absolute Gasteiger partial charge is 0.341 e. The minimum Gasteiger partial charge on any atom is -0.341 e. The Bertz CT molecular complexity index is 732. The molecule has 2 saturated carbocycles. The summed E-state index contributed by atoms with van der Waals surface area (Å²) in [5.41, 5.74) is 7.63. The van der Waals surface area contributed by atoms with Gasteiger partial charge in [-0.05, 0) is 59.9 Å². The number of thiophene rings is 1. The number of nitrogens with zero attached hydrogens (tertiary/aromatic N) is 1. The Kier molecular flexibility index (Phi) is 5.71. The standard InChI is InChI=1S/C20H26N2OS.ClH/c1-22(11-16-12-24-18-8-3-2-7-17(16)18)20(23)15-9-13-5-4-6-14(10-15)19(13)21;/h2-3,7-8,12-15,19H,4-6,9-11,21H2,1H3;1H. The van der Waals surface area contributed by atoms with E-state index >= 15 is 0 Å². The summed E-state index contributed by atoms with van der Waals surface area (Å²) in [7, 11) is 1.96. The van der Waals surface area contributed by atoms with Crippen LogP contribution in [0.5, 0.6) is 0 Å². The van der Waals surface area contributed by atoms with Gasteiger partial charge in [0.25, 0.3) is 0 Å². The second kappa shape index (κ2) is 7.65. The van der Waals surface area contributed by atoms with Gasteiger partial charge in [-0.15, -0.1) is 23.7 Å². The van der Waals surface area contributed by atoms with Crippen molar-refractivity contribution in [2.75, 3.05) is 7.05 Å². The minimum absolute atomic E-state index is 0. The van der Waals surface area contributed by atoms with Gasteiger partial charge in [-0.3, -0.25) is 4.79 Å². The van der Waals surface area contributed by atoms with E-state index in [1.165, 1.54) is 34.9 Å². The Morgan fingerprint density at radius 3 is 2.64 bits per heavy atom. The van der Waals surface area contributed by atoms with Gasteiger partial charge in [-0.2, -0.15) is 0 Å². The highest BCUT2D eigenvalue weighted by molar-refractivity contribution is 7.17. The number of nitrogens with two attached hydrogens (primary N) is 1. The first-order valence-corrected chi connectivity index (χ1v) is 9.97. The molecular weight excluding hydrogens is 352 g/mol. The van der Waals surface area contributed by atoms with Gasteiger partial charge in [-0.25, -0.2) is 0 Å². The maximum Gasteiger partial charge on any atom is 0.225 e. The predicted molar refractivity (Wildman–Crippen MR) is 107 cm³/mol. The average molecular weight is 379 g/mol. The highest BCUT2D eigenvalue weighted by Gasteiger charge is 2.41. The number of rotatable bonds is 3. The van der Waals surface area contributed by atoms with Crippen LogP contribution in [0.2, 0.25) is 0 Å². The van der Waals surface area contributed by atoms with Crippen molar-refractivity contribution in [3.63, 3.8) is 0 Å². The van der Waals surface area contributed by atoms with Gasteiger partial charge in [0.1, 0.15) is 0 Å². The van der Waals surface area contributed by atoms with Gasteiger partial charge in [0.15, 0.2) is 0 Å². The van der Waals surface area contributed by atoms with Gasteiger partial charge in [0.2, 0.25) is 5.91 Å². The van der Waals surface area contributed by atoms with Crippen LogP contribution in [-0.4, -0.2) is 23.9 Å². The molecule has 2 fully saturated rings. The van der Waals surface area contributed by atoms with Crippen molar-refractivity contribution >= 4 is 39.7 Å². The van der Waals surface area contributed by atoms with Crippen LogP contribution in [0.25, 0.3) is 10.1 Å². The van der Waals surface area contributed by atoms with E-state index in [0.717, 1.165) is 12.8 Å². The highest BCUT2D eigenvalue weighted by Crippen LogP contribution is 2.42. The SMILES string of the molecule is CN(Cc1csc2ccccc12)C(=O)C1CC2CCCC(C1)C2N.Cl. The monoisotopic (exact) mass is 378 g/mol. The Morgan fingerprint density at radius 2 is 1.92 bits per heavy atom. The third-order valence-corrected chi connectivity index (χ3v) is 7.12. The summed E-state index contributed by atoms with van der Waals surface area (Å²) in [5, 5.41) is 3.48. The molecule has 4 rings (SSSR count). The lowest BCUT2D eigenvalue weighted by atomic mass is 9.65. The Morgan fingerprint density at radius 1 is 1.24 bits per heavy atom. The highest BCUT2D eigenvalue weighted by atomic mass is 35.5. The van der Waals surface area contributed by atoms with Gasteiger partial charge in [0, 0.05) is 30.3 Å². The van der Waals surface area contributed by atoms with Crippen LogP contribution in [0.3, 0.4) is 0 Å². The van der Waals surface area contributed by atoms with E-state index in [2.05, 4.69) is 29.6 Å². The predicted octanol–water partition coefficient (Wildman–Crippen LogP) is 4.44. The Hall–Kier alpha value is -1.10. The fourth-order valence-corrected chi connectivity index (χ4v) is 5.75. The zero-order valence-electron chi connectivity index (χ0n) is 14.7. The molecule has 136 valence electrons. The van der Waals surface area contributed by atoms with Gasteiger partial charge < -0.3 is 10.6 Å². The zero-order chi connectivity index (χ0) is 16.7. The van der Waals surface area contributed by atoms with E-state index in [1.807, 2.05) is 11.9 Å². The third-order valence-electron chi connectivity index (χ3n) is 6.11. The molecular formula is C20H27ClN2OS. The maximum atomic E-state index is 13.0. The molecule has 1 amide bonds. The summed E-state index contributed by atoms with van der Waals surface area (Å²) in [6, 6.07) is 8.78. The molecule has 2 aromatic rings. The van der Waals surface area contributed by atoms with Crippen LogP contribution in [0, 0.1) is 17.8 Å². The van der Waals surface area contributed by atoms with E-state index in [-0.39, 0.29) is 18.3 Å². The van der Waals surface area contributed by atoms with Crippen molar-refractivity contribution in [3.05, 3.63) is 35.2 Å². The number of amides is 1. The molecule has 0 aliphatic heterocycles. The molecule has 0 radical (unpaired) electrons. The van der Waals surface area contributed by atoms with Crippen molar-refractivity contribution in [1.29, 1.82) is 0 Å². The van der Waals surface area contributed by atoms with Crippen LogP contribution in [0.1, 0.15) is 37.7 Å². The zero-order valence-corrected chi connectivity index (χ0v) is 16.3. The van der Waals surface area contributed by atoms with E-state index in [1.54, 1.807) is 11.3 Å². The topological polar surface area (TPSA) is 46.3 Å². The van der Waals surface area contributed by atoms with Crippen LogP contribution in [0.4, 0.5) is 0 Å². The lowest BCUT2D eigenvalue weighted by Crippen LogP contribution is -2.49.